The average Bonchev–Trinajstić information content (AvgIpc) is 2.38. The van der Waals surface area contributed by atoms with Crippen molar-refractivity contribution in [2.24, 2.45) is 5.41 Å². The summed E-state index contributed by atoms with van der Waals surface area (Å²) in [6.45, 7) is 4.21. The molecule has 2 unspecified atom stereocenters. The van der Waals surface area contributed by atoms with Crippen LogP contribution < -0.4 is 5.32 Å². The highest BCUT2D eigenvalue weighted by molar-refractivity contribution is 7.92. The number of hydrogen-bond donors (Lipinski definition) is 1. The molecule has 0 saturated heterocycles. The molecule has 1 aliphatic rings. The van der Waals surface area contributed by atoms with Crippen LogP contribution >= 0.6 is 0 Å². The molecule has 0 spiro atoms. The third-order valence-corrected chi connectivity index (χ3v) is 6.47. The monoisotopic (exact) mass is 299 g/mol. The summed E-state index contributed by atoms with van der Waals surface area (Å²) in [5.41, 5.74) is 0.0190. The van der Waals surface area contributed by atoms with E-state index < -0.39 is 20.9 Å². The molecular weight excluding hydrogens is 277 g/mol. The smallest absolute Gasteiger partial charge is 0.182 e. The minimum Gasteiger partial charge on any atom is -0.316 e. The number of halogens is 1. The second-order valence-electron chi connectivity index (χ2n) is 6.34. The van der Waals surface area contributed by atoms with Gasteiger partial charge in [-0.05, 0) is 56.0 Å². The van der Waals surface area contributed by atoms with Crippen molar-refractivity contribution in [2.75, 3.05) is 7.05 Å². The van der Waals surface area contributed by atoms with Crippen LogP contribution in [-0.2, 0) is 9.84 Å². The van der Waals surface area contributed by atoms with E-state index >= 15 is 0 Å². The maximum Gasteiger partial charge on any atom is 0.182 e. The maximum atomic E-state index is 13.0. The van der Waals surface area contributed by atoms with E-state index in [0.717, 1.165) is 12.8 Å². The van der Waals surface area contributed by atoms with E-state index in [0.29, 0.717) is 6.42 Å². The van der Waals surface area contributed by atoms with E-state index in [1.54, 1.807) is 7.05 Å². The molecule has 1 aromatic carbocycles. The van der Waals surface area contributed by atoms with E-state index in [1.807, 2.05) is 0 Å². The number of hydrogen-bond acceptors (Lipinski definition) is 3. The molecule has 1 aromatic rings. The average molecular weight is 299 g/mol. The van der Waals surface area contributed by atoms with Gasteiger partial charge in [-0.1, -0.05) is 13.8 Å². The van der Waals surface area contributed by atoms with Crippen molar-refractivity contribution in [2.45, 2.75) is 49.3 Å². The van der Waals surface area contributed by atoms with Crippen molar-refractivity contribution in [3.8, 4) is 0 Å². The van der Waals surface area contributed by atoms with Gasteiger partial charge in [-0.25, -0.2) is 12.8 Å². The number of sulfone groups is 1. The molecular formula is C15H22FNO2S. The Balaban J connectivity index is 2.37. The van der Waals surface area contributed by atoms with Gasteiger partial charge in [0.05, 0.1) is 10.1 Å². The molecule has 5 heteroatoms. The first-order valence-corrected chi connectivity index (χ1v) is 8.48. The summed E-state index contributed by atoms with van der Waals surface area (Å²) in [6.07, 6.45) is 2.47. The lowest BCUT2D eigenvalue weighted by Crippen LogP contribution is -2.48. The fraction of sp³-hybridized carbons (Fsp3) is 0.600. The number of nitrogens with one attached hydrogen (secondary N) is 1. The Morgan fingerprint density at radius 2 is 1.85 bits per heavy atom. The van der Waals surface area contributed by atoms with Crippen LogP contribution in [-0.4, -0.2) is 26.8 Å². The highest BCUT2D eigenvalue weighted by Crippen LogP contribution is 2.39. The Morgan fingerprint density at radius 3 is 2.40 bits per heavy atom. The van der Waals surface area contributed by atoms with Crippen LogP contribution in [0.5, 0.6) is 0 Å². The molecule has 3 nitrogen and oxygen atoms in total. The topological polar surface area (TPSA) is 46.2 Å². The summed E-state index contributed by atoms with van der Waals surface area (Å²) in [4.78, 5) is 0.210. The number of rotatable bonds is 3. The minimum absolute atomic E-state index is 0.0190. The van der Waals surface area contributed by atoms with E-state index in [4.69, 9.17) is 0 Å². The SMILES string of the molecule is CNC1CCC(C)(C)CC1S(=O)(=O)c1ccc(F)cc1. The Kier molecular flexibility index (Phi) is 4.21. The molecule has 20 heavy (non-hydrogen) atoms. The Morgan fingerprint density at radius 1 is 1.25 bits per heavy atom. The zero-order valence-electron chi connectivity index (χ0n) is 12.2. The molecule has 0 heterocycles. The van der Waals surface area contributed by atoms with Crippen LogP contribution in [0.15, 0.2) is 29.2 Å². The van der Waals surface area contributed by atoms with Crippen LogP contribution in [0.1, 0.15) is 33.1 Å². The molecule has 1 aliphatic carbocycles. The van der Waals surface area contributed by atoms with Gasteiger partial charge in [0.2, 0.25) is 0 Å². The third kappa shape index (κ3) is 3.04. The lowest BCUT2D eigenvalue weighted by atomic mass is 9.75. The van der Waals surface area contributed by atoms with Crippen LogP contribution in [0, 0.1) is 11.2 Å². The zero-order chi connectivity index (χ0) is 15.0. The highest BCUT2D eigenvalue weighted by Gasteiger charge is 2.42. The van der Waals surface area contributed by atoms with Crippen molar-refractivity contribution in [3.05, 3.63) is 30.1 Å². The van der Waals surface area contributed by atoms with Gasteiger partial charge in [0, 0.05) is 6.04 Å². The lowest BCUT2D eigenvalue weighted by Gasteiger charge is -2.40. The Labute approximate surface area is 120 Å². The largest absolute Gasteiger partial charge is 0.316 e. The van der Waals surface area contributed by atoms with Crippen molar-refractivity contribution in [3.63, 3.8) is 0 Å². The van der Waals surface area contributed by atoms with Crippen LogP contribution in [0.4, 0.5) is 4.39 Å². The molecule has 0 radical (unpaired) electrons. The van der Waals surface area contributed by atoms with E-state index in [9.17, 15) is 12.8 Å². The predicted octanol–water partition coefficient (Wildman–Crippen LogP) is 2.77. The van der Waals surface area contributed by atoms with Gasteiger partial charge in [0.15, 0.2) is 9.84 Å². The summed E-state index contributed by atoms with van der Waals surface area (Å²) in [6, 6.07) is 5.08. The fourth-order valence-electron chi connectivity index (χ4n) is 2.98. The standard InChI is InChI=1S/C15H22FNO2S/c1-15(2)9-8-13(17-3)14(10-15)20(18,19)12-6-4-11(16)5-7-12/h4-7,13-14,17H,8-10H2,1-3H3. The molecule has 2 rings (SSSR count). The van der Waals surface area contributed by atoms with Crippen molar-refractivity contribution in [1.29, 1.82) is 0 Å². The van der Waals surface area contributed by atoms with Gasteiger partial charge >= 0.3 is 0 Å². The minimum atomic E-state index is -3.44. The Hall–Kier alpha value is -0.940. The first-order chi connectivity index (χ1) is 9.26. The third-order valence-electron chi connectivity index (χ3n) is 4.25. The van der Waals surface area contributed by atoms with Gasteiger partial charge in [0.25, 0.3) is 0 Å². The second-order valence-corrected chi connectivity index (χ2v) is 8.51. The second kappa shape index (κ2) is 5.45. The zero-order valence-corrected chi connectivity index (χ0v) is 13.0. The maximum absolute atomic E-state index is 13.0. The molecule has 1 N–H and O–H groups in total. The van der Waals surface area contributed by atoms with Gasteiger partial charge in [-0.3, -0.25) is 0 Å². The quantitative estimate of drug-likeness (QED) is 0.873. The molecule has 0 aromatic heterocycles. The van der Waals surface area contributed by atoms with E-state index in [2.05, 4.69) is 19.2 Å². The summed E-state index contributed by atoms with van der Waals surface area (Å²) in [5, 5.41) is 2.67. The van der Waals surface area contributed by atoms with Gasteiger partial charge in [-0.15, -0.1) is 0 Å². The van der Waals surface area contributed by atoms with Crippen molar-refractivity contribution < 1.29 is 12.8 Å². The normalized spacial score (nSPS) is 26.4. The van der Waals surface area contributed by atoms with E-state index in [1.165, 1.54) is 24.3 Å². The van der Waals surface area contributed by atoms with Gasteiger partial charge in [0.1, 0.15) is 5.82 Å². The molecule has 0 aliphatic heterocycles. The van der Waals surface area contributed by atoms with Crippen LogP contribution in [0.2, 0.25) is 0 Å². The highest BCUT2D eigenvalue weighted by atomic mass is 32.2. The summed E-state index contributed by atoms with van der Waals surface area (Å²) >= 11 is 0. The van der Waals surface area contributed by atoms with Gasteiger partial charge < -0.3 is 5.32 Å². The summed E-state index contributed by atoms with van der Waals surface area (Å²) in [5.74, 6) is -0.418. The fourth-order valence-corrected chi connectivity index (χ4v) is 5.22. The van der Waals surface area contributed by atoms with Crippen LogP contribution in [0.25, 0.3) is 0 Å². The summed E-state index contributed by atoms with van der Waals surface area (Å²) in [7, 11) is -1.64. The molecule has 1 fully saturated rings. The lowest BCUT2D eigenvalue weighted by molar-refractivity contribution is 0.213. The van der Waals surface area contributed by atoms with Crippen molar-refractivity contribution >= 4 is 9.84 Å². The molecule has 112 valence electrons. The first kappa shape index (κ1) is 15.4. The van der Waals surface area contributed by atoms with Crippen LogP contribution in [0.3, 0.4) is 0 Å². The molecule has 2 atom stereocenters. The van der Waals surface area contributed by atoms with Crippen molar-refractivity contribution in [1.82, 2.24) is 5.32 Å². The molecule has 0 bridgehead atoms. The predicted molar refractivity (Wildman–Crippen MR) is 77.9 cm³/mol. The first-order valence-electron chi connectivity index (χ1n) is 6.93. The number of benzene rings is 1. The summed E-state index contributed by atoms with van der Waals surface area (Å²) < 4.78 is 38.6. The van der Waals surface area contributed by atoms with Gasteiger partial charge in [-0.2, -0.15) is 0 Å². The molecule has 1 saturated carbocycles. The Bertz CT molecular complexity index is 566. The van der Waals surface area contributed by atoms with E-state index in [-0.39, 0.29) is 16.4 Å². The molecule has 0 amide bonds.